The topological polar surface area (TPSA) is 68.8 Å². The summed E-state index contributed by atoms with van der Waals surface area (Å²) in [5, 5.41) is 14.6. The highest BCUT2D eigenvalue weighted by Crippen LogP contribution is 2.46. The van der Waals surface area contributed by atoms with Crippen molar-refractivity contribution in [1.82, 2.24) is 0 Å². The van der Waals surface area contributed by atoms with Crippen LogP contribution < -0.4 is 5.32 Å². The minimum absolute atomic E-state index is 0.00585. The summed E-state index contributed by atoms with van der Waals surface area (Å²) in [7, 11) is -1.85. The van der Waals surface area contributed by atoms with Crippen molar-refractivity contribution in [2.24, 2.45) is 0 Å². The molecule has 0 atom stereocenters. The van der Waals surface area contributed by atoms with Crippen LogP contribution in [0.25, 0.3) is 4.85 Å². The summed E-state index contributed by atoms with van der Waals surface area (Å²) >= 11 is 0. The van der Waals surface area contributed by atoms with E-state index in [0.717, 1.165) is 12.8 Å². The molecule has 136 valence electrons. The summed E-state index contributed by atoms with van der Waals surface area (Å²) in [5.41, 5.74) is 0.629. The normalized spacial score (nSPS) is 23.5. The second-order valence-corrected chi connectivity index (χ2v) is 13.4. The lowest BCUT2D eigenvalue weighted by Crippen LogP contribution is -2.57. The molecule has 0 unspecified atom stereocenters. The maximum atomic E-state index is 11.2. The minimum Gasteiger partial charge on any atom is -0.411 e. The lowest BCUT2D eigenvalue weighted by Gasteiger charge is -2.52. The zero-order valence-corrected chi connectivity index (χ0v) is 16.8. The highest BCUT2D eigenvalue weighted by molar-refractivity contribution is 6.74. The molecule has 0 radical (unpaired) electrons. The van der Waals surface area contributed by atoms with Crippen LogP contribution in [0.5, 0.6) is 0 Å². The SMILES string of the molecule is [C-]#[N+]c1ccc([N+](=O)[O-])c(NC2CC(C)(O[Si](C)(C)C(C)(C)C)C2)c1. The van der Waals surface area contributed by atoms with E-state index in [2.05, 4.69) is 51.0 Å². The molecule has 25 heavy (non-hydrogen) atoms. The second-order valence-electron chi connectivity index (χ2n) is 8.63. The molecule has 6 nitrogen and oxygen atoms in total. The largest absolute Gasteiger partial charge is 0.411 e. The molecule has 1 saturated carbocycles. The Bertz CT molecular complexity index is 713. The van der Waals surface area contributed by atoms with Gasteiger partial charge in [0.1, 0.15) is 5.69 Å². The van der Waals surface area contributed by atoms with E-state index in [-0.39, 0.29) is 22.4 Å². The Labute approximate surface area is 150 Å². The Morgan fingerprint density at radius 3 is 2.48 bits per heavy atom. The fourth-order valence-corrected chi connectivity index (χ4v) is 4.73. The lowest BCUT2D eigenvalue weighted by atomic mass is 9.77. The first-order valence-electron chi connectivity index (χ1n) is 8.49. The van der Waals surface area contributed by atoms with Gasteiger partial charge in [-0.05, 0) is 50.0 Å². The number of anilines is 1. The molecule has 0 spiro atoms. The molecule has 1 fully saturated rings. The highest BCUT2D eigenvalue weighted by atomic mass is 28.4. The van der Waals surface area contributed by atoms with E-state index in [4.69, 9.17) is 11.0 Å². The van der Waals surface area contributed by atoms with Gasteiger partial charge in [-0.3, -0.25) is 10.1 Å². The molecular formula is C18H27N3O3Si. The predicted molar refractivity (Wildman–Crippen MR) is 103 cm³/mol. The molecule has 0 heterocycles. The van der Waals surface area contributed by atoms with Gasteiger partial charge in [0.15, 0.2) is 14.0 Å². The first kappa shape index (κ1) is 19.4. The van der Waals surface area contributed by atoms with Gasteiger partial charge in [-0.25, -0.2) is 4.85 Å². The van der Waals surface area contributed by atoms with Crippen molar-refractivity contribution in [3.05, 3.63) is 39.7 Å². The number of benzene rings is 1. The van der Waals surface area contributed by atoms with Crippen molar-refractivity contribution < 1.29 is 9.35 Å². The zero-order valence-electron chi connectivity index (χ0n) is 15.8. The first-order valence-corrected chi connectivity index (χ1v) is 11.4. The zero-order chi connectivity index (χ0) is 19.0. The fourth-order valence-electron chi connectivity index (χ4n) is 3.03. The maximum absolute atomic E-state index is 11.2. The van der Waals surface area contributed by atoms with Crippen LogP contribution >= 0.6 is 0 Å². The van der Waals surface area contributed by atoms with E-state index in [0.29, 0.717) is 11.4 Å². The highest BCUT2D eigenvalue weighted by Gasteiger charge is 2.49. The molecule has 0 amide bonds. The standard InChI is InChI=1S/C18H27N3O3Si/c1-17(2,3)25(6,7)24-18(4)11-14(12-18)20-15-10-13(19-5)8-9-16(15)21(22)23/h8-10,14,20H,11-12H2,1-4,6-7H3. The average molecular weight is 362 g/mol. The Kier molecular flexibility index (Phi) is 4.99. The van der Waals surface area contributed by atoms with E-state index in [1.807, 2.05) is 0 Å². The van der Waals surface area contributed by atoms with Gasteiger partial charge in [-0.1, -0.05) is 20.8 Å². The number of nitrogens with one attached hydrogen (secondary N) is 1. The predicted octanol–water partition coefficient (Wildman–Crippen LogP) is 5.50. The number of nitro benzene ring substituents is 1. The van der Waals surface area contributed by atoms with Gasteiger partial charge in [0.25, 0.3) is 5.69 Å². The maximum Gasteiger partial charge on any atom is 0.289 e. The molecule has 1 aromatic carbocycles. The Morgan fingerprint density at radius 2 is 2.00 bits per heavy atom. The monoisotopic (exact) mass is 361 g/mol. The van der Waals surface area contributed by atoms with Crippen LogP contribution in [0, 0.1) is 16.7 Å². The summed E-state index contributed by atoms with van der Waals surface area (Å²) in [6, 6.07) is 4.53. The number of hydrogen-bond acceptors (Lipinski definition) is 4. The van der Waals surface area contributed by atoms with Crippen LogP contribution in [0.3, 0.4) is 0 Å². The number of nitro groups is 1. The molecule has 7 heteroatoms. The number of nitrogens with zero attached hydrogens (tertiary/aromatic N) is 2. The third-order valence-electron chi connectivity index (χ3n) is 5.33. The Balaban J connectivity index is 2.07. The average Bonchev–Trinajstić information content (AvgIpc) is 2.43. The molecule has 0 aliphatic heterocycles. The van der Waals surface area contributed by atoms with E-state index in [1.165, 1.54) is 12.1 Å². The Hall–Kier alpha value is -1.91. The van der Waals surface area contributed by atoms with Crippen molar-refractivity contribution in [3.8, 4) is 0 Å². The van der Waals surface area contributed by atoms with Gasteiger partial charge < -0.3 is 9.74 Å². The molecular weight excluding hydrogens is 334 g/mol. The van der Waals surface area contributed by atoms with Crippen molar-refractivity contribution in [2.45, 2.75) is 70.3 Å². The first-order chi connectivity index (χ1) is 11.4. The van der Waals surface area contributed by atoms with Crippen LogP contribution in [-0.2, 0) is 4.43 Å². The summed E-state index contributed by atoms with van der Waals surface area (Å²) < 4.78 is 6.53. The smallest absolute Gasteiger partial charge is 0.289 e. The molecule has 0 bridgehead atoms. The lowest BCUT2D eigenvalue weighted by molar-refractivity contribution is -0.384. The van der Waals surface area contributed by atoms with Crippen LogP contribution in [0.15, 0.2) is 18.2 Å². The molecule has 1 aliphatic rings. The summed E-state index contributed by atoms with van der Waals surface area (Å²) in [6.45, 7) is 20.3. The molecule has 2 rings (SSSR count). The van der Waals surface area contributed by atoms with Crippen molar-refractivity contribution in [1.29, 1.82) is 0 Å². The van der Waals surface area contributed by atoms with Crippen LogP contribution in [0.2, 0.25) is 18.1 Å². The van der Waals surface area contributed by atoms with E-state index >= 15 is 0 Å². The van der Waals surface area contributed by atoms with Crippen molar-refractivity contribution >= 4 is 25.4 Å². The van der Waals surface area contributed by atoms with Crippen molar-refractivity contribution in [3.63, 3.8) is 0 Å². The molecule has 1 aromatic rings. The van der Waals surface area contributed by atoms with Gasteiger partial charge in [0.05, 0.1) is 17.1 Å². The molecule has 1 aliphatic carbocycles. The van der Waals surface area contributed by atoms with Crippen LogP contribution in [0.1, 0.15) is 40.5 Å². The van der Waals surface area contributed by atoms with Crippen LogP contribution in [0.4, 0.5) is 17.1 Å². The fraction of sp³-hybridized carbons (Fsp3) is 0.611. The minimum atomic E-state index is -1.85. The van der Waals surface area contributed by atoms with Gasteiger partial charge in [0, 0.05) is 12.1 Å². The third kappa shape index (κ3) is 4.20. The molecule has 0 aromatic heterocycles. The van der Waals surface area contributed by atoms with Gasteiger partial charge >= 0.3 is 0 Å². The summed E-state index contributed by atoms with van der Waals surface area (Å²) in [6.07, 6.45) is 1.61. The summed E-state index contributed by atoms with van der Waals surface area (Å²) in [5.74, 6) is 0. The van der Waals surface area contributed by atoms with E-state index in [1.54, 1.807) is 6.07 Å². The van der Waals surface area contributed by atoms with Gasteiger partial charge in [-0.2, -0.15) is 0 Å². The molecule has 1 N–H and O–H groups in total. The van der Waals surface area contributed by atoms with Gasteiger partial charge in [-0.15, -0.1) is 0 Å². The number of rotatable bonds is 5. The molecule has 0 saturated heterocycles. The van der Waals surface area contributed by atoms with Crippen LogP contribution in [-0.4, -0.2) is 24.9 Å². The van der Waals surface area contributed by atoms with E-state index < -0.39 is 13.2 Å². The van der Waals surface area contributed by atoms with Gasteiger partial charge in [0.2, 0.25) is 0 Å². The second kappa shape index (κ2) is 6.43. The quantitative estimate of drug-likeness (QED) is 0.325. The number of hydrogen-bond donors (Lipinski definition) is 1. The summed E-state index contributed by atoms with van der Waals surface area (Å²) in [4.78, 5) is 14.1. The van der Waals surface area contributed by atoms with E-state index in [9.17, 15) is 10.1 Å². The Morgan fingerprint density at radius 1 is 1.40 bits per heavy atom. The third-order valence-corrected chi connectivity index (χ3v) is 9.95. The van der Waals surface area contributed by atoms with Crippen molar-refractivity contribution in [2.75, 3.05) is 5.32 Å².